The van der Waals surface area contributed by atoms with Crippen molar-refractivity contribution >= 4 is 11.6 Å². The van der Waals surface area contributed by atoms with Crippen molar-refractivity contribution in [3.05, 3.63) is 29.6 Å². The third-order valence-corrected chi connectivity index (χ3v) is 4.29. The Morgan fingerprint density at radius 1 is 1.33 bits per heavy atom. The molecule has 0 bridgehead atoms. The van der Waals surface area contributed by atoms with Crippen LogP contribution in [0.2, 0.25) is 0 Å². The number of nitrogens with one attached hydrogen (secondary N) is 2. The zero-order valence-corrected chi connectivity index (χ0v) is 13.1. The SMILES string of the molecule is CCNc1c(F)cccc1C(=O)NC1CCC(C)(C)CC1. The Hall–Kier alpha value is -1.58. The molecule has 116 valence electrons. The molecule has 1 aromatic carbocycles. The smallest absolute Gasteiger partial charge is 0.253 e. The number of hydrogen-bond acceptors (Lipinski definition) is 2. The van der Waals surface area contributed by atoms with Crippen molar-refractivity contribution in [3.8, 4) is 0 Å². The number of benzene rings is 1. The lowest BCUT2D eigenvalue weighted by Gasteiger charge is -2.34. The van der Waals surface area contributed by atoms with Gasteiger partial charge in [-0.1, -0.05) is 19.9 Å². The second kappa shape index (κ2) is 6.46. The Morgan fingerprint density at radius 2 is 2.00 bits per heavy atom. The number of hydrogen-bond donors (Lipinski definition) is 2. The molecule has 3 nitrogen and oxygen atoms in total. The van der Waals surface area contributed by atoms with Crippen LogP contribution in [-0.2, 0) is 0 Å². The number of carbonyl (C=O) groups is 1. The van der Waals surface area contributed by atoms with Gasteiger partial charge in [0.1, 0.15) is 5.82 Å². The van der Waals surface area contributed by atoms with Gasteiger partial charge in [-0.15, -0.1) is 0 Å². The molecule has 4 heteroatoms. The van der Waals surface area contributed by atoms with E-state index in [0.717, 1.165) is 25.7 Å². The minimum absolute atomic E-state index is 0.185. The first-order valence-electron chi connectivity index (χ1n) is 7.76. The monoisotopic (exact) mass is 292 g/mol. The lowest BCUT2D eigenvalue weighted by Crippen LogP contribution is -2.39. The van der Waals surface area contributed by atoms with Crippen molar-refractivity contribution in [2.75, 3.05) is 11.9 Å². The third kappa shape index (κ3) is 3.96. The topological polar surface area (TPSA) is 41.1 Å². The van der Waals surface area contributed by atoms with Gasteiger partial charge in [-0.3, -0.25) is 4.79 Å². The average molecular weight is 292 g/mol. The van der Waals surface area contributed by atoms with E-state index in [1.807, 2.05) is 6.92 Å². The summed E-state index contributed by atoms with van der Waals surface area (Å²) in [6, 6.07) is 4.82. The maximum absolute atomic E-state index is 13.8. The predicted molar refractivity (Wildman–Crippen MR) is 84.1 cm³/mol. The fraction of sp³-hybridized carbons (Fsp3) is 0.588. The van der Waals surface area contributed by atoms with Crippen LogP contribution in [0.25, 0.3) is 0 Å². The van der Waals surface area contributed by atoms with Crippen LogP contribution in [0.1, 0.15) is 56.8 Å². The van der Waals surface area contributed by atoms with Gasteiger partial charge in [-0.05, 0) is 50.2 Å². The third-order valence-electron chi connectivity index (χ3n) is 4.29. The van der Waals surface area contributed by atoms with Gasteiger partial charge in [0.15, 0.2) is 0 Å². The summed E-state index contributed by atoms with van der Waals surface area (Å²) < 4.78 is 13.8. The molecule has 0 aromatic heterocycles. The van der Waals surface area contributed by atoms with Crippen LogP contribution >= 0.6 is 0 Å². The Kier molecular flexibility index (Phi) is 4.86. The second-order valence-electron chi connectivity index (χ2n) is 6.60. The highest BCUT2D eigenvalue weighted by Gasteiger charge is 2.28. The number of halogens is 1. The van der Waals surface area contributed by atoms with Crippen molar-refractivity contribution in [1.82, 2.24) is 5.32 Å². The summed E-state index contributed by atoms with van der Waals surface area (Å²) in [5.74, 6) is -0.565. The summed E-state index contributed by atoms with van der Waals surface area (Å²) in [5.41, 5.74) is 1.06. The van der Waals surface area contributed by atoms with Gasteiger partial charge in [-0.2, -0.15) is 0 Å². The van der Waals surface area contributed by atoms with Gasteiger partial charge in [0, 0.05) is 12.6 Å². The molecule has 1 aliphatic rings. The van der Waals surface area contributed by atoms with Gasteiger partial charge < -0.3 is 10.6 Å². The molecule has 0 unspecified atom stereocenters. The number of rotatable bonds is 4. The second-order valence-corrected chi connectivity index (χ2v) is 6.60. The molecule has 1 aliphatic carbocycles. The van der Waals surface area contributed by atoms with Gasteiger partial charge in [0.25, 0.3) is 5.91 Å². The van der Waals surface area contributed by atoms with E-state index in [9.17, 15) is 9.18 Å². The maximum atomic E-state index is 13.8. The number of amides is 1. The van der Waals surface area contributed by atoms with Crippen molar-refractivity contribution in [3.63, 3.8) is 0 Å². The minimum atomic E-state index is -0.380. The summed E-state index contributed by atoms with van der Waals surface area (Å²) in [4.78, 5) is 12.4. The lowest BCUT2D eigenvalue weighted by atomic mass is 9.75. The normalized spacial score (nSPS) is 18.3. The van der Waals surface area contributed by atoms with E-state index in [-0.39, 0.29) is 17.8 Å². The molecule has 2 N–H and O–H groups in total. The molecular weight excluding hydrogens is 267 g/mol. The molecule has 0 saturated heterocycles. The Labute approximate surface area is 126 Å². The van der Waals surface area contributed by atoms with Crippen molar-refractivity contribution in [2.24, 2.45) is 5.41 Å². The van der Waals surface area contributed by atoms with Crippen LogP contribution in [-0.4, -0.2) is 18.5 Å². The van der Waals surface area contributed by atoms with E-state index in [1.165, 1.54) is 6.07 Å². The summed E-state index contributed by atoms with van der Waals surface area (Å²) in [6.07, 6.45) is 4.21. The van der Waals surface area contributed by atoms with E-state index in [2.05, 4.69) is 24.5 Å². The minimum Gasteiger partial charge on any atom is -0.382 e. The molecule has 1 saturated carbocycles. The van der Waals surface area contributed by atoms with E-state index < -0.39 is 0 Å². The quantitative estimate of drug-likeness (QED) is 0.882. The molecule has 1 amide bonds. The van der Waals surface area contributed by atoms with Crippen LogP contribution in [0, 0.1) is 11.2 Å². The van der Waals surface area contributed by atoms with Crippen LogP contribution in [0.15, 0.2) is 18.2 Å². The van der Waals surface area contributed by atoms with E-state index >= 15 is 0 Å². The molecule has 0 heterocycles. The van der Waals surface area contributed by atoms with Crippen molar-refractivity contribution in [2.45, 2.75) is 52.5 Å². The molecule has 1 aromatic rings. The number of carbonyl (C=O) groups excluding carboxylic acids is 1. The Bertz CT molecular complexity index is 504. The van der Waals surface area contributed by atoms with Gasteiger partial charge in [0.2, 0.25) is 0 Å². The summed E-state index contributed by atoms with van der Waals surface area (Å²) >= 11 is 0. The average Bonchev–Trinajstić information content (AvgIpc) is 2.43. The predicted octanol–water partition coefficient (Wildman–Crippen LogP) is 3.96. The first-order chi connectivity index (χ1) is 9.93. The molecule has 0 aliphatic heterocycles. The van der Waals surface area contributed by atoms with E-state index in [0.29, 0.717) is 23.2 Å². The van der Waals surface area contributed by atoms with Crippen molar-refractivity contribution in [1.29, 1.82) is 0 Å². The molecule has 0 spiro atoms. The molecule has 0 radical (unpaired) electrons. The van der Waals surface area contributed by atoms with Crippen LogP contribution in [0.5, 0.6) is 0 Å². The fourth-order valence-corrected chi connectivity index (χ4v) is 2.88. The van der Waals surface area contributed by atoms with Crippen molar-refractivity contribution < 1.29 is 9.18 Å². The molecule has 1 fully saturated rings. The lowest BCUT2D eigenvalue weighted by molar-refractivity contribution is 0.0909. The Balaban J connectivity index is 2.06. The number of anilines is 1. The fourth-order valence-electron chi connectivity index (χ4n) is 2.88. The van der Waals surface area contributed by atoms with E-state index in [4.69, 9.17) is 0 Å². The zero-order valence-electron chi connectivity index (χ0n) is 13.1. The Morgan fingerprint density at radius 3 is 2.62 bits per heavy atom. The van der Waals surface area contributed by atoms with E-state index in [1.54, 1.807) is 12.1 Å². The standard InChI is InChI=1S/C17H25FN2O/c1-4-19-15-13(6-5-7-14(15)18)16(21)20-12-8-10-17(2,3)11-9-12/h5-7,12,19H,4,8-11H2,1-3H3,(H,20,21). The van der Waals surface area contributed by atoms with Gasteiger partial charge in [-0.25, -0.2) is 4.39 Å². The summed E-state index contributed by atoms with van der Waals surface area (Å²) in [6.45, 7) is 7.00. The molecule has 21 heavy (non-hydrogen) atoms. The maximum Gasteiger partial charge on any atom is 0.253 e. The molecule has 2 rings (SSSR count). The summed E-state index contributed by atoms with van der Waals surface area (Å²) in [7, 11) is 0. The van der Waals surface area contributed by atoms with Crippen LogP contribution < -0.4 is 10.6 Å². The highest BCUT2D eigenvalue weighted by molar-refractivity contribution is 5.99. The first-order valence-corrected chi connectivity index (χ1v) is 7.76. The largest absolute Gasteiger partial charge is 0.382 e. The first kappa shape index (κ1) is 15.8. The molecular formula is C17H25FN2O. The highest BCUT2D eigenvalue weighted by Crippen LogP contribution is 2.35. The van der Waals surface area contributed by atoms with Gasteiger partial charge >= 0.3 is 0 Å². The van der Waals surface area contributed by atoms with Crippen LogP contribution in [0.3, 0.4) is 0 Å². The van der Waals surface area contributed by atoms with Gasteiger partial charge in [0.05, 0.1) is 11.3 Å². The summed E-state index contributed by atoms with van der Waals surface area (Å²) in [5, 5.41) is 5.99. The van der Waals surface area contributed by atoms with Crippen LogP contribution in [0.4, 0.5) is 10.1 Å². The zero-order chi connectivity index (χ0) is 15.5. The number of para-hydroxylation sites is 1. The molecule has 0 atom stereocenters. The highest BCUT2D eigenvalue weighted by atomic mass is 19.1.